The number of carbonyl (C=O) groups is 1. The summed E-state index contributed by atoms with van der Waals surface area (Å²) in [5.41, 5.74) is 1.93. The first kappa shape index (κ1) is 23.3. The smallest absolute Gasteiger partial charge is 0.355 e. The SMILES string of the molecule is CCOC(=O)c1c(-c2cccnc2OC)c2c(n1Cc1ccc(F)cc1F)=CCC([C@H]1C[C@H]1C)C=2. The summed E-state index contributed by atoms with van der Waals surface area (Å²) in [6.07, 6.45) is 8.02. The number of rotatable bonds is 7. The number of fused-ring (bicyclic) bond motifs is 1. The van der Waals surface area contributed by atoms with Crippen molar-refractivity contribution in [2.45, 2.75) is 33.2 Å². The number of methoxy groups -OCH3 is 1. The van der Waals surface area contributed by atoms with E-state index >= 15 is 0 Å². The van der Waals surface area contributed by atoms with E-state index in [-0.39, 0.29) is 18.7 Å². The molecule has 35 heavy (non-hydrogen) atoms. The van der Waals surface area contributed by atoms with E-state index in [9.17, 15) is 13.6 Å². The van der Waals surface area contributed by atoms with Gasteiger partial charge < -0.3 is 14.0 Å². The van der Waals surface area contributed by atoms with Gasteiger partial charge in [0, 0.05) is 39.5 Å². The van der Waals surface area contributed by atoms with Crippen LogP contribution in [0.5, 0.6) is 5.88 Å². The molecule has 0 spiro atoms. The number of nitrogens with zero attached hydrogens (tertiary/aromatic N) is 2. The number of aromatic nitrogens is 2. The highest BCUT2D eigenvalue weighted by atomic mass is 19.1. The molecule has 7 heteroatoms. The Morgan fingerprint density at radius 1 is 1.26 bits per heavy atom. The van der Waals surface area contributed by atoms with Gasteiger partial charge in [0.2, 0.25) is 5.88 Å². The summed E-state index contributed by atoms with van der Waals surface area (Å²) in [5.74, 6) is 0.201. The maximum Gasteiger partial charge on any atom is 0.355 e. The van der Waals surface area contributed by atoms with Gasteiger partial charge >= 0.3 is 5.97 Å². The van der Waals surface area contributed by atoms with Crippen LogP contribution in [0.4, 0.5) is 8.78 Å². The zero-order valence-corrected chi connectivity index (χ0v) is 20.1. The Morgan fingerprint density at radius 2 is 2.06 bits per heavy atom. The zero-order valence-electron chi connectivity index (χ0n) is 20.1. The van der Waals surface area contributed by atoms with Gasteiger partial charge in [-0.25, -0.2) is 18.6 Å². The molecular weight excluding hydrogens is 450 g/mol. The van der Waals surface area contributed by atoms with Crippen molar-refractivity contribution < 1.29 is 23.0 Å². The predicted molar refractivity (Wildman–Crippen MR) is 129 cm³/mol. The van der Waals surface area contributed by atoms with Gasteiger partial charge in [0.05, 0.1) is 20.3 Å². The summed E-state index contributed by atoms with van der Waals surface area (Å²) in [6, 6.07) is 7.16. The molecule has 2 aromatic heterocycles. The third-order valence-electron chi connectivity index (χ3n) is 7.07. The molecule has 1 unspecified atom stereocenters. The average molecular weight is 479 g/mol. The minimum Gasteiger partial charge on any atom is -0.481 e. The predicted octanol–water partition coefficient (Wildman–Crippen LogP) is 4.30. The monoisotopic (exact) mass is 478 g/mol. The van der Waals surface area contributed by atoms with E-state index in [0.29, 0.717) is 40.5 Å². The van der Waals surface area contributed by atoms with Crippen LogP contribution in [0.1, 0.15) is 42.7 Å². The van der Waals surface area contributed by atoms with E-state index in [0.717, 1.165) is 23.1 Å². The molecule has 1 saturated carbocycles. The van der Waals surface area contributed by atoms with Crippen LogP contribution in [0.2, 0.25) is 0 Å². The van der Waals surface area contributed by atoms with Crippen molar-refractivity contribution >= 4 is 18.1 Å². The fourth-order valence-corrected chi connectivity index (χ4v) is 5.23. The Bertz CT molecular complexity index is 1410. The highest BCUT2D eigenvalue weighted by Gasteiger charge is 2.39. The number of esters is 1. The van der Waals surface area contributed by atoms with Crippen molar-refractivity contribution in [3.05, 3.63) is 70.0 Å². The van der Waals surface area contributed by atoms with Crippen molar-refractivity contribution in [1.82, 2.24) is 9.55 Å². The third-order valence-corrected chi connectivity index (χ3v) is 7.07. The summed E-state index contributed by atoms with van der Waals surface area (Å²) >= 11 is 0. The molecule has 0 aliphatic heterocycles. The molecule has 3 atom stereocenters. The van der Waals surface area contributed by atoms with Crippen molar-refractivity contribution in [2.24, 2.45) is 17.8 Å². The van der Waals surface area contributed by atoms with Crippen LogP contribution < -0.4 is 15.3 Å². The Labute approximate surface area is 202 Å². The van der Waals surface area contributed by atoms with Crippen molar-refractivity contribution in [3.8, 4) is 17.0 Å². The molecule has 5 nitrogen and oxygen atoms in total. The van der Waals surface area contributed by atoms with E-state index in [2.05, 4.69) is 24.1 Å². The standard InChI is InChI=1S/C28H28F2N2O3/c1-4-35-28(33)26-25(20-6-5-11-31-27(20)34-3)22-13-17(21-12-16(21)2)8-10-24(22)32(26)15-18-7-9-19(29)14-23(18)30/h5-7,9-11,13-14,16-17,21H,4,8,12,15H2,1-3H3/t16-,17?,21+/m1/s1. The van der Waals surface area contributed by atoms with Gasteiger partial charge in [0.15, 0.2) is 0 Å². The van der Waals surface area contributed by atoms with Gasteiger partial charge in [-0.05, 0) is 55.7 Å². The summed E-state index contributed by atoms with van der Waals surface area (Å²) in [5, 5.41) is 1.72. The molecule has 0 N–H and O–H groups in total. The minimum atomic E-state index is -0.660. The number of ether oxygens (including phenoxy) is 2. The summed E-state index contributed by atoms with van der Waals surface area (Å²) in [7, 11) is 1.54. The number of hydrogen-bond donors (Lipinski definition) is 0. The molecule has 2 heterocycles. The van der Waals surface area contributed by atoms with E-state index in [1.54, 1.807) is 23.8 Å². The van der Waals surface area contributed by atoms with Crippen molar-refractivity contribution in [3.63, 3.8) is 0 Å². The molecule has 0 amide bonds. The van der Waals surface area contributed by atoms with E-state index in [1.165, 1.54) is 25.7 Å². The van der Waals surface area contributed by atoms with Crippen molar-refractivity contribution in [2.75, 3.05) is 13.7 Å². The molecular formula is C28H28F2N2O3. The van der Waals surface area contributed by atoms with Crippen molar-refractivity contribution in [1.29, 1.82) is 0 Å². The lowest BCUT2D eigenvalue weighted by Crippen LogP contribution is -2.34. The largest absolute Gasteiger partial charge is 0.481 e. The van der Waals surface area contributed by atoms with Crippen LogP contribution in [-0.4, -0.2) is 29.2 Å². The van der Waals surface area contributed by atoms with Gasteiger partial charge in [-0.1, -0.05) is 25.1 Å². The van der Waals surface area contributed by atoms with E-state index in [1.807, 2.05) is 6.07 Å². The lowest BCUT2D eigenvalue weighted by Gasteiger charge is -2.14. The third kappa shape index (κ3) is 4.24. The van der Waals surface area contributed by atoms with Crippen LogP contribution in [0, 0.1) is 29.4 Å². The minimum absolute atomic E-state index is 0.0556. The molecule has 1 fully saturated rings. The highest BCUT2D eigenvalue weighted by Crippen LogP contribution is 2.46. The van der Waals surface area contributed by atoms with Crippen LogP contribution >= 0.6 is 0 Å². The van der Waals surface area contributed by atoms with Gasteiger partial charge in [-0.2, -0.15) is 0 Å². The molecule has 0 radical (unpaired) electrons. The highest BCUT2D eigenvalue weighted by molar-refractivity contribution is 5.97. The molecule has 2 aliphatic carbocycles. The summed E-state index contributed by atoms with van der Waals surface area (Å²) in [6.45, 7) is 4.25. The fourth-order valence-electron chi connectivity index (χ4n) is 5.23. The fraction of sp³-hybridized carbons (Fsp3) is 0.357. The number of pyridine rings is 1. The van der Waals surface area contributed by atoms with Crippen LogP contribution in [0.15, 0.2) is 36.5 Å². The molecule has 1 aromatic carbocycles. The Balaban J connectivity index is 1.80. The maximum absolute atomic E-state index is 14.7. The maximum atomic E-state index is 14.7. The van der Waals surface area contributed by atoms with Gasteiger partial charge in [-0.15, -0.1) is 0 Å². The van der Waals surface area contributed by atoms with E-state index in [4.69, 9.17) is 9.47 Å². The lowest BCUT2D eigenvalue weighted by molar-refractivity contribution is 0.0515. The molecule has 0 saturated heterocycles. The average Bonchev–Trinajstić information content (AvgIpc) is 3.50. The molecule has 3 aromatic rings. The Morgan fingerprint density at radius 3 is 2.74 bits per heavy atom. The lowest BCUT2D eigenvalue weighted by atomic mass is 9.92. The van der Waals surface area contributed by atoms with E-state index < -0.39 is 17.6 Å². The topological polar surface area (TPSA) is 53.4 Å². The Hall–Kier alpha value is -3.48. The first-order valence-electron chi connectivity index (χ1n) is 12.0. The second kappa shape index (κ2) is 9.29. The molecule has 2 aliphatic rings. The second-order valence-electron chi connectivity index (χ2n) is 9.27. The molecule has 5 rings (SSSR count). The van der Waals surface area contributed by atoms with Gasteiger partial charge in [0.1, 0.15) is 17.3 Å². The van der Waals surface area contributed by atoms with Gasteiger partial charge in [0.25, 0.3) is 0 Å². The molecule has 182 valence electrons. The first-order valence-corrected chi connectivity index (χ1v) is 12.0. The molecule has 0 bridgehead atoms. The Kier molecular flexibility index (Phi) is 6.17. The first-order chi connectivity index (χ1) is 16.9. The van der Waals surface area contributed by atoms with Crippen LogP contribution in [-0.2, 0) is 11.3 Å². The van der Waals surface area contributed by atoms with Gasteiger partial charge in [-0.3, -0.25) is 0 Å². The number of carbonyl (C=O) groups excluding carboxylic acids is 1. The second-order valence-corrected chi connectivity index (χ2v) is 9.27. The number of hydrogen-bond acceptors (Lipinski definition) is 4. The van der Waals surface area contributed by atoms with Crippen LogP contribution in [0.25, 0.3) is 23.3 Å². The quantitative estimate of drug-likeness (QED) is 0.475. The zero-order chi connectivity index (χ0) is 24.7. The summed E-state index contributed by atoms with van der Waals surface area (Å²) in [4.78, 5) is 17.8. The number of halogens is 2. The number of benzene rings is 1. The normalized spacial score (nSPS) is 20.4. The van der Waals surface area contributed by atoms with Crippen LogP contribution in [0.3, 0.4) is 0 Å². The summed E-state index contributed by atoms with van der Waals surface area (Å²) < 4.78 is 41.1.